The van der Waals surface area contributed by atoms with Gasteiger partial charge >= 0.3 is 5.97 Å². The first-order valence-electron chi connectivity index (χ1n) is 13.7. The van der Waals surface area contributed by atoms with Gasteiger partial charge in [-0.05, 0) is 88.0 Å². The molecule has 0 atom stereocenters. The van der Waals surface area contributed by atoms with Crippen molar-refractivity contribution in [1.29, 1.82) is 0 Å². The minimum atomic E-state index is -0.657. The zero-order valence-corrected chi connectivity index (χ0v) is 24.5. The fraction of sp³-hybridized carbons (Fsp3) is 0.607. The lowest BCUT2D eigenvalue weighted by Gasteiger charge is -2.56. The Balaban J connectivity index is 1.28. The van der Waals surface area contributed by atoms with Crippen molar-refractivity contribution in [3.63, 3.8) is 0 Å². The summed E-state index contributed by atoms with van der Waals surface area (Å²) in [7, 11) is 0. The molecule has 4 aliphatic carbocycles. The van der Waals surface area contributed by atoms with E-state index < -0.39 is 11.9 Å². The number of esters is 1. The fourth-order valence-electron chi connectivity index (χ4n) is 7.36. The highest BCUT2D eigenvalue weighted by Crippen LogP contribution is 2.61. The van der Waals surface area contributed by atoms with Crippen molar-refractivity contribution in [2.45, 2.75) is 83.5 Å². The Bertz CT molecular complexity index is 1260. The van der Waals surface area contributed by atoms with Gasteiger partial charge < -0.3 is 20.4 Å². The SMILES string of the molecule is C=CCn1c(CC23CC4CC(CC(C4)C2)C3)nnc1SCC(=O)Nc1sc(C(N)=O)c(C)c1C(=O)OC(C)C. The minimum absolute atomic E-state index is 0.0637. The molecule has 210 valence electrons. The molecular weight excluding hydrogens is 534 g/mol. The van der Waals surface area contributed by atoms with Crippen LogP contribution in [0.1, 0.15) is 83.8 Å². The number of nitrogens with zero attached hydrogens (tertiary/aromatic N) is 3. The highest BCUT2D eigenvalue weighted by Gasteiger charge is 2.51. The molecule has 0 radical (unpaired) electrons. The van der Waals surface area contributed by atoms with Crippen LogP contribution >= 0.6 is 23.1 Å². The number of hydrogen-bond donors (Lipinski definition) is 2. The number of amides is 2. The number of aromatic nitrogens is 3. The number of hydrogen-bond acceptors (Lipinski definition) is 8. The van der Waals surface area contributed by atoms with E-state index in [0.29, 0.717) is 22.7 Å². The average Bonchev–Trinajstić information content (AvgIpc) is 3.36. The summed E-state index contributed by atoms with van der Waals surface area (Å²) >= 11 is 2.28. The van der Waals surface area contributed by atoms with Gasteiger partial charge in [-0.1, -0.05) is 17.8 Å². The van der Waals surface area contributed by atoms with Crippen molar-refractivity contribution < 1.29 is 19.1 Å². The monoisotopic (exact) mass is 571 g/mol. The molecule has 0 unspecified atom stereocenters. The van der Waals surface area contributed by atoms with E-state index in [1.54, 1.807) is 20.8 Å². The van der Waals surface area contributed by atoms with E-state index in [4.69, 9.17) is 10.5 Å². The van der Waals surface area contributed by atoms with E-state index in [-0.39, 0.29) is 33.2 Å². The lowest BCUT2D eigenvalue weighted by Crippen LogP contribution is -2.47. The highest BCUT2D eigenvalue weighted by atomic mass is 32.2. The van der Waals surface area contributed by atoms with Crippen LogP contribution in [0.5, 0.6) is 0 Å². The fourth-order valence-corrected chi connectivity index (χ4v) is 9.19. The molecule has 0 aromatic carbocycles. The second-order valence-electron chi connectivity index (χ2n) is 11.8. The van der Waals surface area contributed by atoms with E-state index in [1.807, 2.05) is 6.08 Å². The van der Waals surface area contributed by atoms with E-state index in [9.17, 15) is 14.4 Å². The van der Waals surface area contributed by atoms with Crippen molar-refractivity contribution in [3.8, 4) is 0 Å². The van der Waals surface area contributed by atoms with Gasteiger partial charge in [-0.2, -0.15) is 0 Å². The molecule has 4 saturated carbocycles. The third-order valence-electron chi connectivity index (χ3n) is 8.31. The molecule has 2 heterocycles. The van der Waals surface area contributed by atoms with Gasteiger partial charge in [0.05, 0.1) is 22.3 Å². The number of carbonyl (C=O) groups is 3. The minimum Gasteiger partial charge on any atom is -0.459 e. The zero-order chi connectivity index (χ0) is 27.9. The molecule has 0 spiro atoms. The summed E-state index contributed by atoms with van der Waals surface area (Å²) in [6.07, 6.45) is 10.5. The van der Waals surface area contributed by atoms with Gasteiger partial charge in [0.1, 0.15) is 10.8 Å². The van der Waals surface area contributed by atoms with Crippen molar-refractivity contribution >= 4 is 45.9 Å². The van der Waals surface area contributed by atoms with Gasteiger partial charge in [-0.25, -0.2) is 4.79 Å². The summed E-state index contributed by atoms with van der Waals surface area (Å²) < 4.78 is 7.41. The molecule has 2 aromatic heterocycles. The molecule has 9 nitrogen and oxygen atoms in total. The van der Waals surface area contributed by atoms with Gasteiger partial charge in [-0.15, -0.1) is 28.1 Å². The number of nitrogens with two attached hydrogens (primary N) is 1. The van der Waals surface area contributed by atoms with Crippen molar-refractivity contribution in [2.24, 2.45) is 28.9 Å². The average molecular weight is 572 g/mol. The first kappa shape index (κ1) is 27.9. The number of thiophene rings is 1. The molecule has 4 fully saturated rings. The first-order chi connectivity index (χ1) is 18.6. The lowest BCUT2D eigenvalue weighted by atomic mass is 9.49. The van der Waals surface area contributed by atoms with Crippen molar-refractivity contribution in [3.05, 3.63) is 34.5 Å². The summed E-state index contributed by atoms with van der Waals surface area (Å²) in [5, 5.41) is 12.7. The van der Waals surface area contributed by atoms with Crippen molar-refractivity contribution in [2.75, 3.05) is 11.1 Å². The number of nitrogens with one attached hydrogen (secondary N) is 1. The summed E-state index contributed by atoms with van der Waals surface area (Å²) in [5.74, 6) is 2.04. The maximum Gasteiger partial charge on any atom is 0.341 e. The molecule has 39 heavy (non-hydrogen) atoms. The van der Waals surface area contributed by atoms with Gasteiger partial charge in [-0.3, -0.25) is 9.59 Å². The number of allylic oxidation sites excluding steroid dienone is 1. The Kier molecular flexibility index (Phi) is 7.92. The molecule has 2 amide bonds. The molecule has 0 aliphatic heterocycles. The van der Waals surface area contributed by atoms with Crippen LogP contribution in [0.2, 0.25) is 0 Å². The van der Waals surface area contributed by atoms with Crippen molar-refractivity contribution in [1.82, 2.24) is 14.8 Å². The van der Waals surface area contributed by atoms with E-state index >= 15 is 0 Å². The van der Waals surface area contributed by atoms with Crippen LogP contribution in [0.3, 0.4) is 0 Å². The van der Waals surface area contributed by atoms with Crippen LogP contribution in [0.25, 0.3) is 0 Å². The van der Waals surface area contributed by atoms with Crippen LogP contribution < -0.4 is 11.1 Å². The second kappa shape index (κ2) is 11.1. The molecule has 3 N–H and O–H groups in total. The molecule has 6 rings (SSSR count). The number of carbonyl (C=O) groups excluding carboxylic acids is 3. The Morgan fingerprint density at radius 1 is 1.21 bits per heavy atom. The number of primary amides is 1. The Labute approximate surface area is 237 Å². The second-order valence-corrected chi connectivity index (χ2v) is 13.8. The largest absolute Gasteiger partial charge is 0.459 e. The number of rotatable bonds is 11. The van der Waals surface area contributed by atoms with Gasteiger partial charge in [0, 0.05) is 13.0 Å². The summed E-state index contributed by atoms with van der Waals surface area (Å²) in [5.41, 5.74) is 6.39. The maximum absolute atomic E-state index is 13.0. The highest BCUT2D eigenvalue weighted by molar-refractivity contribution is 7.99. The Morgan fingerprint density at radius 3 is 2.41 bits per heavy atom. The molecule has 0 saturated heterocycles. The van der Waals surface area contributed by atoms with E-state index in [0.717, 1.165) is 41.3 Å². The Morgan fingerprint density at radius 2 is 1.85 bits per heavy atom. The molecule has 4 aliphatic rings. The summed E-state index contributed by atoms with van der Waals surface area (Å²) in [6, 6.07) is 0. The quantitative estimate of drug-likeness (QED) is 0.221. The number of anilines is 1. The topological polar surface area (TPSA) is 129 Å². The van der Waals surface area contributed by atoms with Gasteiger partial charge in [0.25, 0.3) is 5.91 Å². The molecule has 11 heteroatoms. The predicted octanol–water partition coefficient (Wildman–Crippen LogP) is 4.99. The zero-order valence-electron chi connectivity index (χ0n) is 22.8. The van der Waals surface area contributed by atoms with Gasteiger partial charge in [0.2, 0.25) is 5.91 Å². The first-order valence-corrected chi connectivity index (χ1v) is 15.5. The van der Waals surface area contributed by atoms with Gasteiger partial charge in [0.15, 0.2) is 5.16 Å². The van der Waals surface area contributed by atoms with Crippen LogP contribution in [-0.4, -0.2) is 44.4 Å². The van der Waals surface area contributed by atoms with Crippen LogP contribution in [0.15, 0.2) is 17.8 Å². The molecule has 2 aromatic rings. The smallest absolute Gasteiger partial charge is 0.341 e. The number of thioether (sulfide) groups is 1. The normalized spacial score (nSPS) is 25.2. The summed E-state index contributed by atoms with van der Waals surface area (Å²) in [4.78, 5) is 37.8. The maximum atomic E-state index is 13.0. The third kappa shape index (κ3) is 5.79. The van der Waals surface area contributed by atoms with Crippen LogP contribution in [0.4, 0.5) is 5.00 Å². The van der Waals surface area contributed by atoms with E-state index in [1.165, 1.54) is 50.3 Å². The molecular formula is C28H37N5O4S2. The third-order valence-corrected chi connectivity index (χ3v) is 10.5. The van der Waals surface area contributed by atoms with E-state index in [2.05, 4.69) is 26.7 Å². The molecule has 4 bridgehead atoms. The predicted molar refractivity (Wildman–Crippen MR) is 152 cm³/mol. The standard InChI is InChI=1S/C28H37N5O4S2/c1-5-6-33-20(13-28-10-17-7-18(11-28)9-19(8-17)12-28)31-32-27(33)38-14-21(34)30-25-22(26(36)37-15(2)3)16(4)23(39-25)24(29)35/h5,15,17-19H,1,6-14H2,2-4H3,(H2,29,35)(H,30,34). The van der Waals surface area contributed by atoms with Crippen LogP contribution in [-0.2, 0) is 22.5 Å². The Hall–Kier alpha value is -2.66. The summed E-state index contributed by atoms with van der Waals surface area (Å²) in [6.45, 7) is 9.60. The van der Waals surface area contributed by atoms with Crippen LogP contribution in [0, 0.1) is 30.1 Å². The number of ether oxygens (including phenoxy) is 1. The lowest BCUT2D eigenvalue weighted by molar-refractivity contribution is -0.113.